The summed E-state index contributed by atoms with van der Waals surface area (Å²) in [7, 11) is 1.66. The standard InChI is InChI=1S/C12H18O3S/c1-3-10-5-6-12(16-10)11(13)9-15-8-4-7-14-2/h5-6H,3-4,7-9H2,1-2H3. The Balaban J connectivity index is 2.24. The zero-order chi connectivity index (χ0) is 11.8. The molecule has 0 aromatic carbocycles. The second-order valence-corrected chi connectivity index (χ2v) is 4.61. The first-order chi connectivity index (χ1) is 7.77. The van der Waals surface area contributed by atoms with Gasteiger partial charge in [0.1, 0.15) is 6.61 Å². The summed E-state index contributed by atoms with van der Waals surface area (Å²) in [4.78, 5) is 13.7. The maximum atomic E-state index is 11.7. The summed E-state index contributed by atoms with van der Waals surface area (Å²) < 4.78 is 10.2. The van der Waals surface area contributed by atoms with Crippen molar-refractivity contribution >= 4 is 17.1 Å². The predicted molar refractivity (Wildman–Crippen MR) is 65.3 cm³/mol. The smallest absolute Gasteiger partial charge is 0.198 e. The number of hydrogen-bond acceptors (Lipinski definition) is 4. The molecule has 0 saturated heterocycles. The number of carbonyl (C=O) groups excluding carboxylic acids is 1. The molecule has 1 aromatic heterocycles. The lowest BCUT2D eigenvalue weighted by molar-refractivity contribution is 0.0709. The van der Waals surface area contributed by atoms with E-state index in [1.54, 1.807) is 18.4 Å². The van der Waals surface area contributed by atoms with Crippen LogP contribution in [0.2, 0.25) is 0 Å². The molecule has 0 aliphatic carbocycles. The number of hydrogen-bond donors (Lipinski definition) is 0. The summed E-state index contributed by atoms with van der Waals surface area (Å²) in [5.41, 5.74) is 0. The predicted octanol–water partition coefficient (Wildman–Crippen LogP) is 2.55. The van der Waals surface area contributed by atoms with E-state index in [-0.39, 0.29) is 12.4 Å². The van der Waals surface area contributed by atoms with Crippen molar-refractivity contribution in [2.75, 3.05) is 26.9 Å². The SMILES string of the molecule is CCc1ccc(C(=O)COCCCOC)s1. The highest BCUT2D eigenvalue weighted by Gasteiger charge is 2.08. The van der Waals surface area contributed by atoms with Crippen molar-refractivity contribution < 1.29 is 14.3 Å². The quantitative estimate of drug-likeness (QED) is 0.519. The van der Waals surface area contributed by atoms with Crippen LogP contribution < -0.4 is 0 Å². The van der Waals surface area contributed by atoms with Gasteiger partial charge in [0.05, 0.1) is 4.88 Å². The number of carbonyl (C=O) groups is 1. The third-order valence-electron chi connectivity index (χ3n) is 2.16. The molecule has 0 radical (unpaired) electrons. The second-order valence-electron chi connectivity index (χ2n) is 3.44. The Labute approximate surface area is 100 Å². The van der Waals surface area contributed by atoms with E-state index in [0.29, 0.717) is 13.2 Å². The summed E-state index contributed by atoms with van der Waals surface area (Å²) in [5.74, 6) is 0.0714. The lowest BCUT2D eigenvalue weighted by atomic mass is 10.3. The molecule has 1 rings (SSSR count). The zero-order valence-corrected chi connectivity index (χ0v) is 10.6. The van der Waals surface area contributed by atoms with Crippen LogP contribution in [0, 0.1) is 0 Å². The molecule has 0 atom stereocenters. The molecular weight excluding hydrogens is 224 g/mol. The van der Waals surface area contributed by atoms with Crippen LogP contribution in [0.25, 0.3) is 0 Å². The fourth-order valence-electron chi connectivity index (χ4n) is 1.26. The third-order valence-corrected chi connectivity index (χ3v) is 3.43. The van der Waals surface area contributed by atoms with Crippen molar-refractivity contribution in [2.45, 2.75) is 19.8 Å². The van der Waals surface area contributed by atoms with E-state index in [9.17, 15) is 4.79 Å². The van der Waals surface area contributed by atoms with E-state index in [2.05, 4.69) is 6.92 Å². The molecule has 0 aliphatic heterocycles. The highest BCUT2D eigenvalue weighted by molar-refractivity contribution is 7.14. The Bertz CT molecular complexity index is 320. The van der Waals surface area contributed by atoms with Gasteiger partial charge in [-0.15, -0.1) is 11.3 Å². The largest absolute Gasteiger partial charge is 0.385 e. The average molecular weight is 242 g/mol. The van der Waals surface area contributed by atoms with Gasteiger partial charge in [0.15, 0.2) is 5.78 Å². The zero-order valence-electron chi connectivity index (χ0n) is 9.82. The number of ether oxygens (including phenoxy) is 2. The van der Waals surface area contributed by atoms with Gasteiger partial charge < -0.3 is 9.47 Å². The molecule has 0 aliphatic rings. The number of methoxy groups -OCH3 is 1. The van der Waals surface area contributed by atoms with Crippen LogP contribution in [-0.4, -0.2) is 32.7 Å². The van der Waals surface area contributed by atoms with Crippen molar-refractivity contribution in [1.82, 2.24) is 0 Å². The maximum absolute atomic E-state index is 11.7. The molecule has 0 saturated carbocycles. The minimum Gasteiger partial charge on any atom is -0.385 e. The Kier molecular flexibility index (Phi) is 6.30. The number of aryl methyl sites for hydroxylation is 1. The van der Waals surface area contributed by atoms with Crippen LogP contribution in [0.4, 0.5) is 0 Å². The van der Waals surface area contributed by atoms with Crippen molar-refractivity contribution in [1.29, 1.82) is 0 Å². The van der Waals surface area contributed by atoms with E-state index in [4.69, 9.17) is 9.47 Å². The van der Waals surface area contributed by atoms with Crippen molar-refractivity contribution in [3.63, 3.8) is 0 Å². The minimum absolute atomic E-state index is 0.0714. The van der Waals surface area contributed by atoms with E-state index in [0.717, 1.165) is 17.7 Å². The lowest BCUT2D eigenvalue weighted by Crippen LogP contribution is -2.09. The molecular formula is C12H18O3S. The number of Topliss-reactive ketones (excluding diaryl/α,β-unsaturated/α-hetero) is 1. The molecule has 4 heteroatoms. The molecule has 0 amide bonds. The minimum atomic E-state index is 0.0714. The Morgan fingerprint density at radius 2 is 2.19 bits per heavy atom. The first-order valence-electron chi connectivity index (χ1n) is 5.46. The van der Waals surface area contributed by atoms with Crippen LogP contribution in [0.5, 0.6) is 0 Å². The number of rotatable bonds is 8. The third kappa shape index (κ3) is 4.43. The fraction of sp³-hybridized carbons (Fsp3) is 0.583. The molecule has 3 nitrogen and oxygen atoms in total. The first-order valence-corrected chi connectivity index (χ1v) is 6.28. The number of ketones is 1. The van der Waals surface area contributed by atoms with E-state index in [1.165, 1.54) is 4.88 Å². The topological polar surface area (TPSA) is 35.5 Å². The summed E-state index contributed by atoms with van der Waals surface area (Å²) in [6.45, 7) is 3.51. The molecule has 0 fully saturated rings. The van der Waals surface area contributed by atoms with Gasteiger partial charge >= 0.3 is 0 Å². The first kappa shape index (κ1) is 13.4. The van der Waals surface area contributed by atoms with Crippen molar-refractivity contribution in [3.8, 4) is 0 Å². The summed E-state index contributed by atoms with van der Waals surface area (Å²) in [6, 6.07) is 3.88. The van der Waals surface area contributed by atoms with Crippen LogP contribution in [0.15, 0.2) is 12.1 Å². The molecule has 1 heterocycles. The normalized spacial score (nSPS) is 10.6. The molecule has 0 bridgehead atoms. The van der Waals surface area contributed by atoms with Gasteiger partial charge in [-0.1, -0.05) is 6.92 Å². The second kappa shape index (κ2) is 7.54. The van der Waals surface area contributed by atoms with Gasteiger partial charge in [0, 0.05) is 25.2 Å². The monoisotopic (exact) mass is 242 g/mol. The molecule has 0 unspecified atom stereocenters. The molecule has 90 valence electrons. The molecule has 16 heavy (non-hydrogen) atoms. The lowest BCUT2D eigenvalue weighted by Gasteiger charge is -2.01. The summed E-state index contributed by atoms with van der Waals surface area (Å²) in [5, 5.41) is 0. The maximum Gasteiger partial charge on any atom is 0.198 e. The highest BCUT2D eigenvalue weighted by Crippen LogP contribution is 2.17. The van der Waals surface area contributed by atoms with Gasteiger partial charge in [-0.3, -0.25) is 4.79 Å². The van der Waals surface area contributed by atoms with Gasteiger partial charge in [-0.05, 0) is 25.0 Å². The van der Waals surface area contributed by atoms with Crippen molar-refractivity contribution in [3.05, 3.63) is 21.9 Å². The molecule has 1 aromatic rings. The molecule has 0 N–H and O–H groups in total. The van der Waals surface area contributed by atoms with E-state index < -0.39 is 0 Å². The van der Waals surface area contributed by atoms with Crippen LogP contribution in [0.3, 0.4) is 0 Å². The van der Waals surface area contributed by atoms with E-state index >= 15 is 0 Å². The van der Waals surface area contributed by atoms with Crippen LogP contribution in [-0.2, 0) is 15.9 Å². The fourth-order valence-corrected chi connectivity index (χ4v) is 2.13. The van der Waals surface area contributed by atoms with Gasteiger partial charge in [0.2, 0.25) is 0 Å². The van der Waals surface area contributed by atoms with Crippen LogP contribution in [0.1, 0.15) is 27.9 Å². The van der Waals surface area contributed by atoms with Crippen molar-refractivity contribution in [2.24, 2.45) is 0 Å². The number of thiophene rings is 1. The Morgan fingerprint density at radius 1 is 1.38 bits per heavy atom. The van der Waals surface area contributed by atoms with E-state index in [1.807, 2.05) is 12.1 Å². The van der Waals surface area contributed by atoms with Gasteiger partial charge in [-0.25, -0.2) is 0 Å². The highest BCUT2D eigenvalue weighted by atomic mass is 32.1. The van der Waals surface area contributed by atoms with Gasteiger partial charge in [-0.2, -0.15) is 0 Å². The Morgan fingerprint density at radius 3 is 2.81 bits per heavy atom. The molecule has 0 spiro atoms. The van der Waals surface area contributed by atoms with Gasteiger partial charge in [0.25, 0.3) is 0 Å². The Hall–Kier alpha value is -0.710. The summed E-state index contributed by atoms with van der Waals surface area (Å²) >= 11 is 1.56. The average Bonchev–Trinajstić information content (AvgIpc) is 2.77. The van der Waals surface area contributed by atoms with Crippen LogP contribution >= 0.6 is 11.3 Å². The summed E-state index contributed by atoms with van der Waals surface area (Å²) in [6.07, 6.45) is 1.81.